The van der Waals surface area contributed by atoms with Crippen molar-refractivity contribution in [2.75, 3.05) is 6.61 Å². The van der Waals surface area contributed by atoms with E-state index in [4.69, 9.17) is 4.74 Å². The summed E-state index contributed by atoms with van der Waals surface area (Å²) in [5.41, 5.74) is 1.38. The summed E-state index contributed by atoms with van der Waals surface area (Å²) in [6, 6.07) is 10.6. The van der Waals surface area contributed by atoms with Crippen LogP contribution in [0.5, 0.6) is 5.75 Å². The molecule has 2 heterocycles. The first-order valence-corrected chi connectivity index (χ1v) is 7.40. The maximum absolute atomic E-state index is 11.4. The number of hydrogen-bond donors (Lipinski definition) is 0. The maximum atomic E-state index is 11.4. The third-order valence-electron chi connectivity index (χ3n) is 3.08. The van der Waals surface area contributed by atoms with Crippen molar-refractivity contribution in [2.45, 2.75) is 6.92 Å². The smallest absolute Gasteiger partial charge is 0.120 e. The summed E-state index contributed by atoms with van der Waals surface area (Å²) >= 11 is 1.52. The number of ether oxygens (including phenoxy) is 1. The van der Waals surface area contributed by atoms with Crippen molar-refractivity contribution in [3.05, 3.63) is 47.3 Å². The van der Waals surface area contributed by atoms with Crippen molar-refractivity contribution in [3.63, 3.8) is 0 Å². The second-order valence-corrected chi connectivity index (χ2v) is 5.38. The van der Waals surface area contributed by atoms with Gasteiger partial charge < -0.3 is 14.6 Å². The molecule has 0 aliphatic rings. The van der Waals surface area contributed by atoms with Crippen LogP contribution in [0, 0.1) is 0 Å². The van der Waals surface area contributed by atoms with Crippen molar-refractivity contribution in [2.24, 2.45) is 0 Å². The first-order valence-electron chi connectivity index (χ1n) is 6.52. The number of rotatable bonds is 4. The number of nitrogens with zero attached hydrogens (tertiary/aromatic N) is 1. The van der Waals surface area contributed by atoms with Crippen molar-refractivity contribution in [3.8, 4) is 16.3 Å². The van der Waals surface area contributed by atoms with Gasteiger partial charge >= 0.3 is 0 Å². The Morgan fingerprint density at radius 3 is 2.86 bits per heavy atom. The molecule has 0 fully saturated rings. The molecule has 0 N–H and O–H groups in total. The lowest BCUT2D eigenvalue weighted by molar-refractivity contribution is -0.254. The Morgan fingerprint density at radius 1 is 1.33 bits per heavy atom. The van der Waals surface area contributed by atoms with Crippen LogP contribution in [0.2, 0.25) is 0 Å². The maximum Gasteiger partial charge on any atom is 0.120 e. The molecule has 0 saturated carbocycles. The summed E-state index contributed by atoms with van der Waals surface area (Å²) < 4.78 is 5.41. The number of thiophene rings is 1. The topological polar surface area (TPSA) is 62.2 Å². The van der Waals surface area contributed by atoms with E-state index in [0.717, 1.165) is 4.88 Å². The van der Waals surface area contributed by atoms with Gasteiger partial charge in [0.1, 0.15) is 5.75 Å². The zero-order chi connectivity index (χ0) is 14.8. The minimum absolute atomic E-state index is 0.130. The van der Waals surface area contributed by atoms with Crippen LogP contribution in [0.15, 0.2) is 41.8 Å². The van der Waals surface area contributed by atoms with E-state index >= 15 is 0 Å². The van der Waals surface area contributed by atoms with Crippen molar-refractivity contribution in [1.82, 2.24) is 4.98 Å². The number of benzene rings is 1. The van der Waals surface area contributed by atoms with Gasteiger partial charge in [-0.3, -0.25) is 0 Å². The van der Waals surface area contributed by atoms with Gasteiger partial charge in [0.2, 0.25) is 0 Å². The molecule has 4 nitrogen and oxygen atoms in total. The fourth-order valence-corrected chi connectivity index (χ4v) is 2.87. The average molecular weight is 298 g/mol. The molecule has 0 bridgehead atoms. The molecule has 0 amide bonds. The average Bonchev–Trinajstić information content (AvgIpc) is 3.00. The highest BCUT2D eigenvalue weighted by Gasteiger charge is 2.10. The van der Waals surface area contributed by atoms with Gasteiger partial charge in [0, 0.05) is 10.9 Å². The summed E-state index contributed by atoms with van der Waals surface area (Å²) in [6.45, 7) is 2.40. The predicted molar refractivity (Wildman–Crippen MR) is 80.6 cm³/mol. The lowest BCUT2D eigenvalue weighted by Crippen LogP contribution is -2.22. The first kappa shape index (κ1) is 13.6. The van der Waals surface area contributed by atoms with Crippen LogP contribution in [0.3, 0.4) is 0 Å². The molecule has 1 aromatic carbocycles. The van der Waals surface area contributed by atoms with Gasteiger partial charge in [0.05, 0.1) is 28.7 Å². The van der Waals surface area contributed by atoms with Gasteiger partial charge in [-0.15, -0.1) is 11.3 Å². The number of carboxylic acid groups (broad SMARTS) is 1. The highest BCUT2D eigenvalue weighted by Crippen LogP contribution is 2.29. The SMILES string of the molecule is CCOc1ccc2nc(-c3cccs3)cc(C(=O)[O-])c2c1. The van der Waals surface area contributed by atoms with Crippen LogP contribution in [0.4, 0.5) is 0 Å². The number of fused-ring (bicyclic) bond motifs is 1. The highest BCUT2D eigenvalue weighted by molar-refractivity contribution is 7.13. The second kappa shape index (κ2) is 5.54. The van der Waals surface area contributed by atoms with E-state index in [-0.39, 0.29) is 5.56 Å². The third-order valence-corrected chi connectivity index (χ3v) is 3.98. The summed E-state index contributed by atoms with van der Waals surface area (Å²) in [5.74, 6) is -0.591. The van der Waals surface area contributed by atoms with Crippen LogP contribution in [0.1, 0.15) is 17.3 Å². The van der Waals surface area contributed by atoms with E-state index < -0.39 is 5.97 Å². The number of aromatic nitrogens is 1. The standard InChI is InChI=1S/C16H13NO3S/c1-2-20-10-5-6-13-11(8-10)12(16(18)19)9-14(17-13)15-4-3-7-21-15/h3-9H,2H2,1H3,(H,18,19)/p-1. The van der Waals surface area contributed by atoms with Crippen LogP contribution < -0.4 is 9.84 Å². The van der Waals surface area contributed by atoms with Gasteiger partial charge in [-0.05, 0) is 42.6 Å². The fourth-order valence-electron chi connectivity index (χ4n) is 2.18. The Bertz CT molecular complexity index is 797. The Morgan fingerprint density at radius 2 is 2.19 bits per heavy atom. The minimum atomic E-state index is -1.21. The van der Waals surface area contributed by atoms with E-state index in [0.29, 0.717) is 29.0 Å². The van der Waals surface area contributed by atoms with Gasteiger partial charge in [-0.25, -0.2) is 4.98 Å². The van der Waals surface area contributed by atoms with Crippen LogP contribution >= 0.6 is 11.3 Å². The number of carboxylic acids is 1. The molecule has 0 aliphatic heterocycles. The third kappa shape index (κ3) is 2.60. The molecule has 0 aliphatic carbocycles. The molecule has 2 aromatic heterocycles. The Kier molecular flexibility index (Phi) is 3.58. The quantitative estimate of drug-likeness (QED) is 0.743. The molecule has 0 atom stereocenters. The summed E-state index contributed by atoms with van der Waals surface area (Å²) in [5, 5.41) is 13.9. The summed E-state index contributed by atoms with van der Waals surface area (Å²) in [4.78, 5) is 16.9. The Balaban J connectivity index is 2.23. The molecule has 0 spiro atoms. The number of pyridine rings is 1. The number of carbonyl (C=O) groups is 1. The number of aromatic carboxylic acids is 1. The Labute approximate surface area is 125 Å². The van der Waals surface area contributed by atoms with Crippen LogP contribution in [-0.2, 0) is 0 Å². The lowest BCUT2D eigenvalue weighted by atomic mass is 10.1. The molecule has 0 saturated heterocycles. The molecule has 0 radical (unpaired) electrons. The fraction of sp³-hybridized carbons (Fsp3) is 0.125. The molecule has 0 unspecified atom stereocenters. The molecule has 106 valence electrons. The Hall–Kier alpha value is -2.40. The van der Waals surface area contributed by atoms with E-state index in [2.05, 4.69) is 4.98 Å². The second-order valence-electron chi connectivity index (χ2n) is 4.43. The lowest BCUT2D eigenvalue weighted by Gasteiger charge is -2.11. The normalized spacial score (nSPS) is 10.7. The van der Waals surface area contributed by atoms with Gasteiger partial charge in [0.25, 0.3) is 0 Å². The number of hydrogen-bond acceptors (Lipinski definition) is 5. The molecule has 21 heavy (non-hydrogen) atoms. The van der Waals surface area contributed by atoms with E-state index in [1.54, 1.807) is 24.3 Å². The van der Waals surface area contributed by atoms with Crippen molar-refractivity contribution >= 4 is 28.2 Å². The number of carbonyl (C=O) groups excluding carboxylic acids is 1. The summed E-state index contributed by atoms with van der Waals surface area (Å²) in [6.07, 6.45) is 0. The molecule has 5 heteroatoms. The van der Waals surface area contributed by atoms with Crippen molar-refractivity contribution < 1.29 is 14.6 Å². The largest absolute Gasteiger partial charge is 0.545 e. The first-order chi connectivity index (χ1) is 10.2. The monoisotopic (exact) mass is 298 g/mol. The predicted octanol–water partition coefficient (Wildman–Crippen LogP) is 2.73. The summed E-state index contributed by atoms with van der Waals surface area (Å²) in [7, 11) is 0. The highest BCUT2D eigenvalue weighted by atomic mass is 32.1. The molecular formula is C16H12NO3S-. The zero-order valence-electron chi connectivity index (χ0n) is 11.3. The molecular weight excluding hydrogens is 286 g/mol. The van der Waals surface area contributed by atoms with E-state index in [1.807, 2.05) is 24.4 Å². The van der Waals surface area contributed by atoms with Gasteiger partial charge in [0.15, 0.2) is 0 Å². The van der Waals surface area contributed by atoms with E-state index in [9.17, 15) is 9.90 Å². The molecule has 3 rings (SSSR count). The zero-order valence-corrected chi connectivity index (χ0v) is 12.1. The van der Waals surface area contributed by atoms with Crippen LogP contribution in [0.25, 0.3) is 21.5 Å². The minimum Gasteiger partial charge on any atom is -0.545 e. The van der Waals surface area contributed by atoms with E-state index in [1.165, 1.54) is 11.3 Å². The van der Waals surface area contributed by atoms with Gasteiger partial charge in [-0.1, -0.05) is 6.07 Å². The van der Waals surface area contributed by atoms with Crippen LogP contribution in [-0.4, -0.2) is 17.6 Å². The van der Waals surface area contributed by atoms with Gasteiger partial charge in [-0.2, -0.15) is 0 Å². The van der Waals surface area contributed by atoms with Crippen molar-refractivity contribution in [1.29, 1.82) is 0 Å². The molecule has 3 aromatic rings.